The van der Waals surface area contributed by atoms with Crippen LogP contribution >= 0.6 is 0 Å². The number of amides is 1. The van der Waals surface area contributed by atoms with Crippen LogP contribution in [0.2, 0.25) is 0 Å². The average Bonchev–Trinajstić information content (AvgIpc) is 2.53. The highest BCUT2D eigenvalue weighted by atomic mass is 16.5. The fraction of sp³-hybridized carbons (Fsp3) is 0.611. The number of carbonyl (C=O) groups excluding carboxylic acids is 1. The van der Waals surface area contributed by atoms with Crippen molar-refractivity contribution in [2.45, 2.75) is 45.6 Å². The molecule has 4 nitrogen and oxygen atoms in total. The van der Waals surface area contributed by atoms with Gasteiger partial charge in [0.25, 0.3) is 5.91 Å². The fourth-order valence-electron chi connectivity index (χ4n) is 2.83. The highest BCUT2D eigenvalue weighted by molar-refractivity contribution is 5.77. The fourth-order valence-corrected chi connectivity index (χ4v) is 2.83. The van der Waals surface area contributed by atoms with Crippen molar-refractivity contribution >= 4 is 5.91 Å². The van der Waals surface area contributed by atoms with Gasteiger partial charge in [-0.15, -0.1) is 0 Å². The first-order valence-electron chi connectivity index (χ1n) is 8.16. The maximum Gasteiger partial charge on any atom is 0.260 e. The van der Waals surface area contributed by atoms with E-state index in [9.17, 15) is 9.90 Å². The number of ether oxygens (including phenoxy) is 1. The topological polar surface area (TPSA) is 49.8 Å². The van der Waals surface area contributed by atoms with Crippen LogP contribution in [0, 0.1) is 5.92 Å². The minimum atomic E-state index is -0.362. The molecule has 1 aliphatic rings. The molecule has 2 rings (SSSR count). The molecule has 2 unspecified atom stereocenters. The molecule has 1 aromatic carbocycles. The highest BCUT2D eigenvalue weighted by Crippen LogP contribution is 2.22. The van der Waals surface area contributed by atoms with Crippen molar-refractivity contribution < 1.29 is 14.6 Å². The summed E-state index contributed by atoms with van der Waals surface area (Å²) in [5, 5.41) is 9.70. The minimum Gasteiger partial charge on any atom is -0.484 e. The van der Waals surface area contributed by atoms with Gasteiger partial charge in [-0.2, -0.15) is 0 Å². The number of benzene rings is 1. The number of aliphatic hydroxyl groups excluding tert-OH is 1. The van der Waals surface area contributed by atoms with Gasteiger partial charge in [-0.3, -0.25) is 4.79 Å². The lowest BCUT2D eigenvalue weighted by atomic mass is 9.93. The van der Waals surface area contributed by atoms with Crippen molar-refractivity contribution in [3.05, 3.63) is 29.8 Å². The lowest BCUT2D eigenvalue weighted by Crippen LogP contribution is -2.44. The third-order valence-electron chi connectivity index (χ3n) is 4.38. The van der Waals surface area contributed by atoms with E-state index < -0.39 is 0 Å². The van der Waals surface area contributed by atoms with Crippen LogP contribution in [0.5, 0.6) is 5.75 Å². The second kappa shape index (κ2) is 7.63. The molecule has 1 N–H and O–H groups in total. The molecule has 1 amide bonds. The average molecular weight is 305 g/mol. The predicted octanol–water partition coefficient (Wildman–Crippen LogP) is 2.81. The van der Waals surface area contributed by atoms with Crippen LogP contribution < -0.4 is 4.74 Å². The molecule has 0 spiro atoms. The zero-order chi connectivity index (χ0) is 16.1. The highest BCUT2D eigenvalue weighted by Gasteiger charge is 2.26. The van der Waals surface area contributed by atoms with Crippen molar-refractivity contribution in [1.82, 2.24) is 4.90 Å². The molecule has 22 heavy (non-hydrogen) atoms. The number of likely N-dealkylation sites (tertiary alicyclic amines) is 1. The first kappa shape index (κ1) is 16.8. The smallest absolute Gasteiger partial charge is 0.260 e. The van der Waals surface area contributed by atoms with Crippen molar-refractivity contribution in [2.24, 2.45) is 5.92 Å². The van der Waals surface area contributed by atoms with Gasteiger partial charge in [-0.1, -0.05) is 26.0 Å². The number of hydrogen-bond donors (Lipinski definition) is 1. The molecule has 4 heteroatoms. The van der Waals surface area contributed by atoms with E-state index in [1.165, 1.54) is 5.56 Å². The van der Waals surface area contributed by atoms with Crippen LogP contribution in [0.3, 0.4) is 0 Å². The van der Waals surface area contributed by atoms with E-state index in [0.29, 0.717) is 12.5 Å². The van der Waals surface area contributed by atoms with E-state index in [2.05, 4.69) is 19.9 Å². The van der Waals surface area contributed by atoms with Gasteiger partial charge in [0.05, 0.1) is 6.10 Å². The van der Waals surface area contributed by atoms with Crippen molar-refractivity contribution in [2.75, 3.05) is 19.7 Å². The molecule has 0 radical (unpaired) electrons. The van der Waals surface area contributed by atoms with Crippen LogP contribution in [-0.4, -0.2) is 41.7 Å². The molecule has 0 aromatic heterocycles. The van der Waals surface area contributed by atoms with Gasteiger partial charge in [-0.25, -0.2) is 0 Å². The molecule has 2 atom stereocenters. The van der Waals surface area contributed by atoms with Crippen molar-refractivity contribution in [3.8, 4) is 5.75 Å². The van der Waals surface area contributed by atoms with Gasteiger partial charge in [0.2, 0.25) is 0 Å². The summed E-state index contributed by atoms with van der Waals surface area (Å²) in [6.45, 7) is 7.52. The first-order chi connectivity index (χ1) is 10.5. The second-order valence-electron chi connectivity index (χ2n) is 6.50. The summed E-state index contributed by atoms with van der Waals surface area (Å²) in [5.41, 5.74) is 1.21. The molecule has 1 aliphatic heterocycles. The molecule has 1 saturated heterocycles. The summed E-state index contributed by atoms with van der Waals surface area (Å²) in [5.74, 6) is 1.36. The Morgan fingerprint density at radius 3 is 2.86 bits per heavy atom. The number of piperidine rings is 1. The van der Waals surface area contributed by atoms with E-state index >= 15 is 0 Å². The summed E-state index contributed by atoms with van der Waals surface area (Å²) in [6.07, 6.45) is 1.57. The molecule has 0 aliphatic carbocycles. The molecule has 0 bridgehead atoms. The van der Waals surface area contributed by atoms with Crippen LogP contribution in [0.1, 0.15) is 45.1 Å². The summed E-state index contributed by atoms with van der Waals surface area (Å²) in [7, 11) is 0. The quantitative estimate of drug-likeness (QED) is 0.910. The standard InChI is InChI=1S/C18H27NO3/c1-13(2)15-6-4-8-17(10-15)22-12-18(21)19-9-5-7-16(11-19)14(3)20/h4,6,8,10,13-14,16,20H,5,7,9,11-12H2,1-3H3. The number of rotatable bonds is 5. The zero-order valence-electron chi connectivity index (χ0n) is 13.8. The zero-order valence-corrected chi connectivity index (χ0v) is 13.8. The minimum absolute atomic E-state index is 0.000278. The maximum atomic E-state index is 12.3. The second-order valence-corrected chi connectivity index (χ2v) is 6.50. The number of carbonyl (C=O) groups is 1. The molecule has 1 aromatic rings. The summed E-state index contributed by atoms with van der Waals surface area (Å²) in [4.78, 5) is 14.1. The summed E-state index contributed by atoms with van der Waals surface area (Å²) in [6, 6.07) is 7.90. The van der Waals surface area contributed by atoms with Crippen LogP contribution in [0.15, 0.2) is 24.3 Å². The molecule has 122 valence electrons. The van der Waals surface area contributed by atoms with Gasteiger partial charge in [0, 0.05) is 19.0 Å². The molecule has 0 saturated carbocycles. The van der Waals surface area contributed by atoms with Crippen LogP contribution in [0.4, 0.5) is 0 Å². The van der Waals surface area contributed by atoms with Gasteiger partial charge >= 0.3 is 0 Å². The Hall–Kier alpha value is -1.55. The SMILES string of the molecule is CC(C)c1cccc(OCC(=O)N2CCCC(C(C)O)C2)c1. The van der Waals surface area contributed by atoms with Crippen LogP contribution in [-0.2, 0) is 4.79 Å². The van der Waals surface area contributed by atoms with Gasteiger partial charge in [0.1, 0.15) is 5.75 Å². The largest absolute Gasteiger partial charge is 0.484 e. The monoisotopic (exact) mass is 305 g/mol. The van der Waals surface area contributed by atoms with E-state index in [4.69, 9.17) is 4.74 Å². The molecular formula is C18H27NO3. The predicted molar refractivity (Wildman–Crippen MR) is 87.0 cm³/mol. The number of aliphatic hydroxyl groups is 1. The first-order valence-corrected chi connectivity index (χ1v) is 8.16. The Labute approximate surface area is 133 Å². The van der Waals surface area contributed by atoms with Crippen molar-refractivity contribution in [1.29, 1.82) is 0 Å². The van der Waals surface area contributed by atoms with Crippen molar-refractivity contribution in [3.63, 3.8) is 0 Å². The third-order valence-corrected chi connectivity index (χ3v) is 4.38. The maximum absolute atomic E-state index is 12.3. The van der Waals surface area contributed by atoms with Gasteiger partial charge in [-0.05, 0) is 43.4 Å². The molecule has 1 heterocycles. The lowest BCUT2D eigenvalue weighted by molar-refractivity contribution is -0.136. The number of nitrogens with zero attached hydrogens (tertiary/aromatic N) is 1. The Balaban J connectivity index is 1.88. The summed E-state index contributed by atoms with van der Waals surface area (Å²) >= 11 is 0. The van der Waals surface area contributed by atoms with E-state index in [0.717, 1.165) is 25.1 Å². The van der Waals surface area contributed by atoms with Gasteiger partial charge in [0.15, 0.2) is 6.61 Å². The Morgan fingerprint density at radius 2 is 2.18 bits per heavy atom. The third kappa shape index (κ3) is 4.47. The molecule has 1 fully saturated rings. The van der Waals surface area contributed by atoms with E-state index in [1.807, 2.05) is 23.1 Å². The number of hydrogen-bond acceptors (Lipinski definition) is 3. The molecular weight excluding hydrogens is 278 g/mol. The summed E-state index contributed by atoms with van der Waals surface area (Å²) < 4.78 is 5.65. The van der Waals surface area contributed by atoms with Crippen LogP contribution in [0.25, 0.3) is 0 Å². The van der Waals surface area contributed by atoms with E-state index in [1.54, 1.807) is 6.92 Å². The lowest BCUT2D eigenvalue weighted by Gasteiger charge is -2.34. The Morgan fingerprint density at radius 1 is 1.41 bits per heavy atom. The van der Waals surface area contributed by atoms with E-state index in [-0.39, 0.29) is 24.5 Å². The van der Waals surface area contributed by atoms with Gasteiger partial charge < -0.3 is 14.7 Å². The Kier molecular flexibility index (Phi) is 5.83. The Bertz CT molecular complexity index is 499. The normalized spacial score (nSPS) is 20.0.